The average Bonchev–Trinajstić information content (AvgIpc) is 2.75. The summed E-state index contributed by atoms with van der Waals surface area (Å²) in [7, 11) is -3.16. The van der Waals surface area contributed by atoms with E-state index >= 15 is 0 Å². The molecule has 1 aromatic carbocycles. The Bertz CT molecular complexity index is 806. The summed E-state index contributed by atoms with van der Waals surface area (Å²) in [4.78, 5) is 15.2. The third-order valence-corrected chi connectivity index (χ3v) is 9.36. The van der Waals surface area contributed by atoms with E-state index in [1.54, 1.807) is 4.31 Å². The van der Waals surface area contributed by atoms with Crippen molar-refractivity contribution in [2.45, 2.75) is 52.0 Å². The Hall–Kier alpha value is -1.44. The van der Waals surface area contributed by atoms with Crippen LogP contribution in [0.1, 0.15) is 56.8 Å². The third kappa shape index (κ3) is 4.89. The second-order valence-corrected chi connectivity index (χ2v) is 11.1. The van der Waals surface area contributed by atoms with Crippen LogP contribution in [0.4, 0.5) is 0 Å². The van der Waals surface area contributed by atoms with Crippen LogP contribution in [0, 0.1) is 11.8 Å². The van der Waals surface area contributed by atoms with Crippen molar-refractivity contribution in [3.05, 3.63) is 35.9 Å². The maximum atomic E-state index is 12.7. The van der Waals surface area contributed by atoms with E-state index in [1.807, 2.05) is 37.3 Å². The number of rotatable bonds is 7. The molecule has 3 rings (SSSR count). The molecule has 1 amide bonds. The number of hydrogen-bond donors (Lipinski definition) is 1. The minimum atomic E-state index is -3.16. The molecule has 1 heterocycles. The second-order valence-electron chi connectivity index (χ2n) is 9.01. The van der Waals surface area contributed by atoms with Gasteiger partial charge < -0.3 is 5.32 Å². The van der Waals surface area contributed by atoms with Crippen LogP contribution in [0.15, 0.2) is 30.3 Å². The largest absolute Gasteiger partial charge is 0.350 e. The third-order valence-electron chi connectivity index (χ3n) is 7.29. The Morgan fingerprint density at radius 3 is 2.43 bits per heavy atom. The quantitative estimate of drug-likeness (QED) is 0.715. The summed E-state index contributed by atoms with van der Waals surface area (Å²) in [6.07, 6.45) is 4.03. The Balaban J connectivity index is 1.74. The number of carbonyl (C=O) groups excluding carboxylic acids is 1. The van der Waals surface area contributed by atoms with Gasteiger partial charge in [0.2, 0.25) is 10.0 Å². The maximum absolute atomic E-state index is 12.7. The van der Waals surface area contributed by atoms with Crippen molar-refractivity contribution < 1.29 is 13.2 Å². The van der Waals surface area contributed by atoms with E-state index in [9.17, 15) is 13.2 Å². The monoisotopic (exact) mass is 435 g/mol. The molecule has 1 aliphatic carbocycles. The molecule has 2 fully saturated rings. The van der Waals surface area contributed by atoms with Gasteiger partial charge in [-0.25, -0.2) is 8.42 Å². The molecule has 1 saturated carbocycles. The van der Waals surface area contributed by atoms with Gasteiger partial charge >= 0.3 is 0 Å². The molecule has 1 aromatic rings. The van der Waals surface area contributed by atoms with Crippen molar-refractivity contribution in [2.75, 3.05) is 38.5 Å². The molecule has 0 radical (unpaired) electrons. The zero-order valence-electron chi connectivity index (χ0n) is 18.6. The molecule has 1 N–H and O–H groups in total. The van der Waals surface area contributed by atoms with Gasteiger partial charge in [0.15, 0.2) is 0 Å². The fourth-order valence-electron chi connectivity index (χ4n) is 5.27. The molecule has 7 heteroatoms. The predicted octanol–water partition coefficient (Wildman–Crippen LogP) is 2.97. The van der Waals surface area contributed by atoms with Crippen LogP contribution in [0.2, 0.25) is 0 Å². The highest BCUT2D eigenvalue weighted by Crippen LogP contribution is 2.42. The number of piperazine rings is 1. The summed E-state index contributed by atoms with van der Waals surface area (Å²) in [5.74, 6) is 1.19. The molecule has 30 heavy (non-hydrogen) atoms. The SMILES string of the molecule is CCCS(=O)(=O)N1CCN(C2(CNC(=O)c3ccccc3)CCCC(C)C2C)CC1. The molecule has 0 bridgehead atoms. The van der Waals surface area contributed by atoms with Gasteiger partial charge in [-0.2, -0.15) is 4.31 Å². The molecule has 0 aromatic heterocycles. The van der Waals surface area contributed by atoms with Crippen molar-refractivity contribution in [1.29, 1.82) is 0 Å². The Labute approximate surface area is 182 Å². The fourth-order valence-corrected chi connectivity index (χ4v) is 6.76. The van der Waals surface area contributed by atoms with Crippen LogP contribution in [-0.4, -0.2) is 67.5 Å². The number of benzene rings is 1. The summed E-state index contributed by atoms with van der Waals surface area (Å²) in [5, 5.41) is 3.21. The van der Waals surface area contributed by atoms with Crippen LogP contribution in [-0.2, 0) is 10.0 Å². The Kier molecular flexibility index (Phi) is 7.58. The summed E-state index contributed by atoms with van der Waals surface area (Å²) >= 11 is 0. The van der Waals surface area contributed by atoms with E-state index in [2.05, 4.69) is 24.1 Å². The molecule has 3 unspecified atom stereocenters. The van der Waals surface area contributed by atoms with Crippen molar-refractivity contribution in [1.82, 2.24) is 14.5 Å². The molecule has 2 aliphatic rings. The highest BCUT2D eigenvalue weighted by molar-refractivity contribution is 7.89. The lowest BCUT2D eigenvalue weighted by atomic mass is 9.67. The van der Waals surface area contributed by atoms with Gasteiger partial charge in [0, 0.05) is 43.8 Å². The molecule has 0 spiro atoms. The number of amides is 1. The lowest BCUT2D eigenvalue weighted by Crippen LogP contribution is -2.66. The first-order valence-electron chi connectivity index (χ1n) is 11.4. The number of nitrogens with one attached hydrogen (secondary N) is 1. The van der Waals surface area contributed by atoms with E-state index in [4.69, 9.17) is 0 Å². The second kappa shape index (κ2) is 9.79. The highest BCUT2D eigenvalue weighted by atomic mass is 32.2. The number of hydrogen-bond acceptors (Lipinski definition) is 4. The minimum Gasteiger partial charge on any atom is -0.350 e. The number of nitrogens with zero attached hydrogens (tertiary/aromatic N) is 2. The molecule has 1 saturated heterocycles. The minimum absolute atomic E-state index is 0.0374. The van der Waals surface area contributed by atoms with Crippen LogP contribution in [0.3, 0.4) is 0 Å². The zero-order valence-corrected chi connectivity index (χ0v) is 19.5. The zero-order chi connectivity index (χ0) is 21.8. The standard InChI is InChI=1S/C23H37N3O3S/c1-4-17-30(28,29)26-15-13-25(14-16-26)23(12-8-9-19(2)20(23)3)18-24-22(27)21-10-6-5-7-11-21/h5-7,10-11,19-20H,4,8-9,12-18H2,1-3H3,(H,24,27). The first kappa shape index (κ1) is 23.2. The molecular weight excluding hydrogens is 398 g/mol. The van der Waals surface area contributed by atoms with Crippen LogP contribution < -0.4 is 5.32 Å². The van der Waals surface area contributed by atoms with E-state index in [1.165, 1.54) is 6.42 Å². The summed E-state index contributed by atoms with van der Waals surface area (Å²) in [5.41, 5.74) is 0.558. The van der Waals surface area contributed by atoms with Crippen molar-refractivity contribution >= 4 is 15.9 Å². The van der Waals surface area contributed by atoms with Crippen molar-refractivity contribution in [3.63, 3.8) is 0 Å². The van der Waals surface area contributed by atoms with E-state index in [-0.39, 0.29) is 17.2 Å². The topological polar surface area (TPSA) is 69.7 Å². The van der Waals surface area contributed by atoms with Gasteiger partial charge in [-0.05, 0) is 36.8 Å². The van der Waals surface area contributed by atoms with Crippen LogP contribution >= 0.6 is 0 Å². The summed E-state index contributed by atoms with van der Waals surface area (Å²) in [6.45, 7) is 9.65. The molecule has 3 atom stereocenters. The van der Waals surface area contributed by atoms with Crippen LogP contribution in [0.25, 0.3) is 0 Å². The number of carbonyl (C=O) groups is 1. The van der Waals surface area contributed by atoms with Crippen molar-refractivity contribution in [3.8, 4) is 0 Å². The van der Waals surface area contributed by atoms with Gasteiger partial charge in [-0.1, -0.05) is 51.8 Å². The van der Waals surface area contributed by atoms with E-state index in [0.717, 1.165) is 25.9 Å². The van der Waals surface area contributed by atoms with Gasteiger partial charge in [-0.15, -0.1) is 0 Å². The first-order valence-corrected chi connectivity index (χ1v) is 13.0. The summed E-state index contributed by atoms with van der Waals surface area (Å²) in [6, 6.07) is 9.35. The highest BCUT2D eigenvalue weighted by Gasteiger charge is 2.47. The van der Waals surface area contributed by atoms with Gasteiger partial charge in [0.05, 0.1) is 5.75 Å². The maximum Gasteiger partial charge on any atom is 0.251 e. The van der Waals surface area contributed by atoms with E-state index in [0.29, 0.717) is 43.5 Å². The molecule has 6 nitrogen and oxygen atoms in total. The Morgan fingerprint density at radius 2 is 1.80 bits per heavy atom. The van der Waals surface area contributed by atoms with Gasteiger partial charge in [-0.3, -0.25) is 9.69 Å². The lowest BCUT2D eigenvalue weighted by molar-refractivity contribution is -0.0312. The lowest BCUT2D eigenvalue weighted by Gasteiger charge is -2.54. The van der Waals surface area contributed by atoms with Crippen LogP contribution in [0.5, 0.6) is 0 Å². The smallest absolute Gasteiger partial charge is 0.251 e. The summed E-state index contributed by atoms with van der Waals surface area (Å²) < 4.78 is 26.6. The van der Waals surface area contributed by atoms with Gasteiger partial charge in [0.1, 0.15) is 0 Å². The normalized spacial score (nSPS) is 28.9. The molecule has 1 aliphatic heterocycles. The van der Waals surface area contributed by atoms with Gasteiger partial charge in [0.25, 0.3) is 5.91 Å². The number of sulfonamides is 1. The predicted molar refractivity (Wildman–Crippen MR) is 121 cm³/mol. The average molecular weight is 436 g/mol. The fraction of sp³-hybridized carbons (Fsp3) is 0.696. The van der Waals surface area contributed by atoms with Crippen molar-refractivity contribution in [2.24, 2.45) is 11.8 Å². The molecule has 168 valence electrons. The van der Waals surface area contributed by atoms with E-state index < -0.39 is 10.0 Å². The Morgan fingerprint density at radius 1 is 1.13 bits per heavy atom. The first-order chi connectivity index (χ1) is 14.3. The molecular formula is C23H37N3O3S.